The molecule has 0 atom stereocenters. The van der Waals surface area contributed by atoms with Crippen molar-refractivity contribution in [2.24, 2.45) is 5.16 Å². The van der Waals surface area contributed by atoms with Gasteiger partial charge in [-0.15, -0.1) is 0 Å². The van der Waals surface area contributed by atoms with Gasteiger partial charge < -0.3 is 9.25 Å². The summed E-state index contributed by atoms with van der Waals surface area (Å²) in [6.45, 7) is -0.0405. The molecule has 0 saturated heterocycles. The third-order valence-corrected chi connectivity index (χ3v) is 2.25. The third kappa shape index (κ3) is 3.61. The summed E-state index contributed by atoms with van der Waals surface area (Å²) in [5.41, 5.74) is -0.458. The van der Waals surface area contributed by atoms with Crippen LogP contribution in [0.25, 0.3) is 0 Å². The first kappa shape index (κ1) is 13.2. The topological polar surface area (TPSA) is 34.7 Å². The maximum atomic E-state index is 12.7. The zero-order valence-corrected chi connectivity index (χ0v) is 9.72. The molecule has 100 valence electrons. The van der Waals surface area contributed by atoms with E-state index in [1.54, 1.807) is 30.3 Å². The van der Waals surface area contributed by atoms with E-state index in [0.29, 0.717) is 0 Å². The zero-order chi connectivity index (χ0) is 13.7. The van der Waals surface area contributed by atoms with E-state index in [-0.39, 0.29) is 12.4 Å². The Bertz CT molecular complexity index is 533. The van der Waals surface area contributed by atoms with Crippen molar-refractivity contribution < 1.29 is 22.4 Å². The third-order valence-electron chi connectivity index (χ3n) is 2.25. The van der Waals surface area contributed by atoms with E-state index in [1.807, 2.05) is 0 Å². The van der Waals surface area contributed by atoms with Crippen LogP contribution in [0.5, 0.6) is 0 Å². The molecule has 3 nitrogen and oxygen atoms in total. The maximum absolute atomic E-state index is 12.7. The number of halogens is 3. The van der Waals surface area contributed by atoms with Crippen LogP contribution in [0.3, 0.4) is 0 Å². The van der Waals surface area contributed by atoms with Crippen molar-refractivity contribution in [1.29, 1.82) is 0 Å². The molecule has 6 heteroatoms. The van der Waals surface area contributed by atoms with Crippen molar-refractivity contribution in [2.45, 2.75) is 12.8 Å². The molecular weight excluding hydrogens is 259 g/mol. The van der Waals surface area contributed by atoms with Crippen LogP contribution < -0.4 is 0 Å². The van der Waals surface area contributed by atoms with Crippen LogP contribution in [0.1, 0.15) is 11.3 Å². The van der Waals surface area contributed by atoms with Crippen molar-refractivity contribution in [3.05, 3.63) is 60.1 Å². The number of nitrogens with zero attached hydrogens (tertiary/aromatic N) is 1. The van der Waals surface area contributed by atoms with Crippen molar-refractivity contribution in [1.82, 2.24) is 0 Å². The first-order chi connectivity index (χ1) is 9.07. The molecule has 0 saturated carbocycles. The summed E-state index contributed by atoms with van der Waals surface area (Å²) >= 11 is 0. The Labute approximate surface area is 107 Å². The Kier molecular flexibility index (Phi) is 3.89. The molecule has 19 heavy (non-hydrogen) atoms. The largest absolute Gasteiger partial charge is 0.463 e. The molecule has 0 N–H and O–H groups in total. The summed E-state index contributed by atoms with van der Waals surface area (Å²) in [5, 5.41) is 3.13. The van der Waals surface area contributed by atoms with Gasteiger partial charge in [-0.1, -0.05) is 35.5 Å². The lowest BCUT2D eigenvalue weighted by Gasteiger charge is -2.07. The molecule has 0 aliphatic rings. The minimum absolute atomic E-state index is 0.0405. The molecule has 0 radical (unpaired) electrons. The predicted molar refractivity (Wildman–Crippen MR) is 62.5 cm³/mol. The Morgan fingerprint density at radius 2 is 1.84 bits per heavy atom. The van der Waals surface area contributed by atoms with Gasteiger partial charge >= 0.3 is 6.18 Å². The fourth-order valence-corrected chi connectivity index (χ4v) is 1.40. The van der Waals surface area contributed by atoms with E-state index >= 15 is 0 Å². The Hall–Kier alpha value is -2.24. The number of oxime groups is 1. The molecule has 1 heterocycles. The number of furan rings is 1. The van der Waals surface area contributed by atoms with Crippen LogP contribution in [0, 0.1) is 0 Å². The van der Waals surface area contributed by atoms with Gasteiger partial charge in [-0.25, -0.2) is 0 Å². The second-order valence-corrected chi connectivity index (χ2v) is 3.67. The van der Waals surface area contributed by atoms with Gasteiger partial charge in [-0.2, -0.15) is 13.2 Å². The van der Waals surface area contributed by atoms with Gasteiger partial charge in [0.25, 0.3) is 0 Å². The summed E-state index contributed by atoms with van der Waals surface area (Å²) in [5.74, 6) is -0.374. The highest BCUT2D eigenvalue weighted by Crippen LogP contribution is 2.23. The van der Waals surface area contributed by atoms with Gasteiger partial charge in [0.1, 0.15) is 6.61 Å². The number of alkyl halides is 3. The molecule has 0 bridgehead atoms. The Morgan fingerprint density at radius 3 is 2.42 bits per heavy atom. The fraction of sp³-hybridized carbons (Fsp3) is 0.154. The molecule has 1 aromatic carbocycles. The lowest BCUT2D eigenvalue weighted by Crippen LogP contribution is -2.24. The van der Waals surface area contributed by atoms with Crippen LogP contribution in [0.2, 0.25) is 0 Å². The number of benzene rings is 1. The van der Waals surface area contributed by atoms with Crippen molar-refractivity contribution in [3.8, 4) is 0 Å². The lowest BCUT2D eigenvalue weighted by atomic mass is 10.2. The maximum Gasteiger partial charge on any atom is 0.440 e. The number of hydrogen-bond donors (Lipinski definition) is 0. The van der Waals surface area contributed by atoms with E-state index in [9.17, 15) is 13.2 Å². The average molecular weight is 269 g/mol. The van der Waals surface area contributed by atoms with Gasteiger partial charge in [0, 0.05) is 0 Å². The van der Waals surface area contributed by atoms with Gasteiger partial charge in [-0.05, 0) is 17.7 Å². The van der Waals surface area contributed by atoms with Crippen LogP contribution in [-0.4, -0.2) is 11.9 Å². The monoisotopic (exact) mass is 269 g/mol. The van der Waals surface area contributed by atoms with Gasteiger partial charge in [0.2, 0.25) is 5.71 Å². The molecule has 2 rings (SSSR count). The molecule has 0 unspecified atom stereocenters. The Balaban J connectivity index is 2.10. The molecule has 0 aliphatic carbocycles. The SMILES string of the molecule is FC(F)(F)/C(=N\OCc1ccccc1)c1ccco1. The quantitative estimate of drug-likeness (QED) is 0.625. The zero-order valence-electron chi connectivity index (χ0n) is 9.72. The van der Waals surface area contributed by atoms with Gasteiger partial charge in [-0.3, -0.25) is 0 Å². The summed E-state index contributed by atoms with van der Waals surface area (Å²) in [7, 11) is 0. The molecule has 0 fully saturated rings. The van der Waals surface area contributed by atoms with E-state index < -0.39 is 11.9 Å². The number of hydrogen-bond acceptors (Lipinski definition) is 3. The molecule has 1 aromatic heterocycles. The van der Waals surface area contributed by atoms with E-state index in [0.717, 1.165) is 11.8 Å². The minimum Gasteiger partial charge on any atom is -0.463 e. The average Bonchev–Trinajstić information content (AvgIpc) is 2.88. The highest BCUT2D eigenvalue weighted by atomic mass is 19.4. The first-order valence-corrected chi connectivity index (χ1v) is 5.42. The number of rotatable bonds is 4. The van der Waals surface area contributed by atoms with E-state index in [4.69, 9.17) is 9.25 Å². The Morgan fingerprint density at radius 1 is 1.11 bits per heavy atom. The first-order valence-electron chi connectivity index (χ1n) is 5.42. The molecular formula is C13H10F3NO2. The highest BCUT2D eigenvalue weighted by molar-refractivity contribution is 6.02. The highest BCUT2D eigenvalue weighted by Gasteiger charge is 2.39. The molecule has 2 aromatic rings. The summed E-state index contributed by atoms with van der Waals surface area (Å²) in [6, 6.07) is 11.3. The van der Waals surface area contributed by atoms with E-state index in [2.05, 4.69) is 5.16 Å². The molecule has 0 amide bonds. The van der Waals surface area contributed by atoms with Crippen molar-refractivity contribution >= 4 is 5.71 Å². The smallest absolute Gasteiger partial charge is 0.440 e. The minimum atomic E-state index is -4.63. The van der Waals surface area contributed by atoms with Crippen LogP contribution >= 0.6 is 0 Å². The van der Waals surface area contributed by atoms with Crippen LogP contribution in [0.4, 0.5) is 13.2 Å². The second kappa shape index (κ2) is 5.60. The van der Waals surface area contributed by atoms with Crippen LogP contribution in [-0.2, 0) is 11.4 Å². The summed E-state index contributed by atoms with van der Waals surface area (Å²) < 4.78 is 42.9. The second-order valence-electron chi connectivity index (χ2n) is 3.67. The standard InChI is InChI=1S/C13H10F3NO2/c14-13(15,16)12(11-7-4-8-18-11)17-19-9-10-5-2-1-3-6-10/h1-8H,9H2/b17-12-. The van der Waals surface area contributed by atoms with E-state index in [1.165, 1.54) is 12.1 Å². The summed E-state index contributed by atoms with van der Waals surface area (Å²) in [6.07, 6.45) is -3.48. The summed E-state index contributed by atoms with van der Waals surface area (Å²) in [4.78, 5) is 4.74. The normalized spacial score (nSPS) is 12.5. The van der Waals surface area contributed by atoms with Gasteiger partial charge in [0.05, 0.1) is 6.26 Å². The predicted octanol–water partition coefficient (Wildman–Crippen LogP) is 3.76. The molecule has 0 aliphatic heterocycles. The molecule has 0 spiro atoms. The van der Waals surface area contributed by atoms with Crippen molar-refractivity contribution in [2.75, 3.05) is 0 Å². The van der Waals surface area contributed by atoms with Gasteiger partial charge in [0.15, 0.2) is 5.76 Å². The van der Waals surface area contributed by atoms with Crippen LogP contribution in [0.15, 0.2) is 58.3 Å². The fourth-order valence-electron chi connectivity index (χ4n) is 1.40. The van der Waals surface area contributed by atoms with Crippen molar-refractivity contribution in [3.63, 3.8) is 0 Å². The lowest BCUT2D eigenvalue weighted by molar-refractivity contribution is -0.0627.